The van der Waals surface area contributed by atoms with Gasteiger partial charge in [-0.3, -0.25) is 9.32 Å². The minimum absolute atomic E-state index is 0.134. The van der Waals surface area contributed by atoms with E-state index in [0.717, 1.165) is 19.3 Å². The van der Waals surface area contributed by atoms with E-state index in [9.17, 15) is 14.2 Å². The van der Waals surface area contributed by atoms with Gasteiger partial charge in [0, 0.05) is 12.3 Å². The number of rotatable bonds is 18. The third-order valence-electron chi connectivity index (χ3n) is 4.85. The van der Waals surface area contributed by atoms with Crippen molar-refractivity contribution >= 4 is 19.8 Å². The summed E-state index contributed by atoms with van der Waals surface area (Å²) in [6.07, 6.45) is 16.3. The fourth-order valence-corrected chi connectivity index (χ4v) is 3.38. The van der Waals surface area contributed by atoms with E-state index >= 15 is 0 Å². The first kappa shape index (κ1) is 35.4. The van der Waals surface area contributed by atoms with Crippen LogP contribution in [0.4, 0.5) is 0 Å². The van der Waals surface area contributed by atoms with Gasteiger partial charge in [0.2, 0.25) is 0 Å². The zero-order valence-electron chi connectivity index (χ0n) is 22.3. The number of hydrogen-bond donors (Lipinski definition) is 2. The summed E-state index contributed by atoms with van der Waals surface area (Å²) >= 11 is 0. The van der Waals surface area contributed by atoms with Gasteiger partial charge in [-0.25, -0.2) is 9.36 Å². The monoisotopic (exact) mass is 554 g/mol. The number of carbonyl (C=O) groups is 2. The highest BCUT2D eigenvalue weighted by Gasteiger charge is 2.22. The van der Waals surface area contributed by atoms with Gasteiger partial charge < -0.3 is 19.3 Å². The SMILES string of the molecule is C#CC#CC#CC#CC#CC#CC(=O)OC[C@H](COP(=O)(O)O)OC(=O)CCCCCCCCCCCCC. The molecule has 0 aromatic rings. The Morgan fingerprint density at radius 1 is 0.744 bits per heavy atom. The average molecular weight is 555 g/mol. The van der Waals surface area contributed by atoms with Crippen LogP contribution in [-0.4, -0.2) is 41.0 Å². The Balaban J connectivity index is 4.44. The summed E-state index contributed by atoms with van der Waals surface area (Å²) in [7, 11) is -4.81. The maximum absolute atomic E-state index is 12.2. The Bertz CT molecular complexity index is 1150. The van der Waals surface area contributed by atoms with Crippen molar-refractivity contribution < 1.29 is 37.9 Å². The molecule has 0 rings (SSSR count). The van der Waals surface area contributed by atoms with Crippen LogP contribution in [0.2, 0.25) is 0 Å². The molecule has 0 radical (unpaired) electrons. The number of phosphoric ester groups is 1. The number of carbonyl (C=O) groups excluding carboxylic acids is 2. The van der Waals surface area contributed by atoms with Gasteiger partial charge in [0.15, 0.2) is 6.10 Å². The second kappa shape index (κ2) is 24.7. The maximum Gasteiger partial charge on any atom is 0.469 e. The Kier molecular flexibility index (Phi) is 22.5. The van der Waals surface area contributed by atoms with Crippen molar-refractivity contribution in [1.29, 1.82) is 0 Å². The second-order valence-corrected chi connectivity index (χ2v) is 9.42. The number of esters is 2. The molecular formula is C30H35O8P. The van der Waals surface area contributed by atoms with Crippen molar-refractivity contribution in [1.82, 2.24) is 0 Å². The quantitative estimate of drug-likeness (QED) is 0.0861. The van der Waals surface area contributed by atoms with Crippen molar-refractivity contribution in [3.63, 3.8) is 0 Å². The number of terminal acetylenes is 1. The molecule has 0 aromatic heterocycles. The molecule has 0 amide bonds. The highest BCUT2D eigenvalue weighted by molar-refractivity contribution is 7.46. The molecule has 0 aliphatic carbocycles. The number of ether oxygens (including phenoxy) is 2. The van der Waals surface area contributed by atoms with Crippen molar-refractivity contribution in [3.05, 3.63) is 0 Å². The molecule has 0 aliphatic heterocycles. The fraction of sp³-hybridized carbons (Fsp3) is 0.533. The van der Waals surface area contributed by atoms with E-state index in [4.69, 9.17) is 25.7 Å². The van der Waals surface area contributed by atoms with Gasteiger partial charge in [-0.05, 0) is 65.6 Å². The van der Waals surface area contributed by atoms with Crippen LogP contribution in [0.15, 0.2) is 0 Å². The van der Waals surface area contributed by atoms with Crippen LogP contribution in [0.5, 0.6) is 0 Å². The summed E-state index contributed by atoms with van der Waals surface area (Å²) in [5.74, 6) is 23.7. The molecule has 0 saturated carbocycles. The largest absolute Gasteiger partial charge is 0.469 e. The molecule has 208 valence electrons. The molecule has 0 aliphatic rings. The minimum Gasteiger partial charge on any atom is -0.456 e. The first-order chi connectivity index (χ1) is 18.8. The topological polar surface area (TPSA) is 119 Å². The van der Waals surface area contributed by atoms with Crippen molar-refractivity contribution in [2.45, 2.75) is 90.1 Å². The van der Waals surface area contributed by atoms with E-state index in [1.807, 2.05) is 0 Å². The molecule has 0 aromatic carbocycles. The van der Waals surface area contributed by atoms with Gasteiger partial charge >= 0.3 is 19.8 Å². The third-order valence-corrected chi connectivity index (χ3v) is 5.33. The van der Waals surface area contributed by atoms with E-state index in [1.54, 1.807) is 0 Å². The lowest BCUT2D eigenvalue weighted by Gasteiger charge is -2.17. The number of phosphoric acid groups is 1. The van der Waals surface area contributed by atoms with Crippen LogP contribution in [0.1, 0.15) is 84.0 Å². The highest BCUT2D eigenvalue weighted by atomic mass is 31.2. The van der Waals surface area contributed by atoms with Crippen LogP contribution < -0.4 is 0 Å². The van der Waals surface area contributed by atoms with Crippen LogP contribution in [-0.2, 0) is 28.2 Å². The predicted octanol–water partition coefficient (Wildman–Crippen LogP) is 3.90. The standard InChI is InChI=1S/C30H35O8P/c1-3-5-7-9-11-13-15-17-19-21-23-25-30(32)38-28(27-37-39(33,34)35)26-36-29(31)24-22-20-18-16-14-12-10-8-6-4-2/h2,28H,3,5,7,9,11,13,15,17,19,21,23,25-27H2,1H3,(H2,33,34,35)/t28-/m1/s1. The van der Waals surface area contributed by atoms with Gasteiger partial charge in [0.05, 0.1) is 6.61 Å². The molecule has 8 nitrogen and oxygen atoms in total. The van der Waals surface area contributed by atoms with Gasteiger partial charge in [-0.2, -0.15) is 0 Å². The molecule has 0 bridgehead atoms. The molecule has 9 heteroatoms. The van der Waals surface area contributed by atoms with E-state index < -0.39 is 39.1 Å². The number of hydrogen-bond acceptors (Lipinski definition) is 6. The summed E-state index contributed by atoms with van der Waals surface area (Å²) in [5.41, 5.74) is 0. The lowest BCUT2D eigenvalue weighted by atomic mass is 10.1. The Morgan fingerprint density at radius 2 is 1.23 bits per heavy atom. The van der Waals surface area contributed by atoms with E-state index in [0.29, 0.717) is 6.42 Å². The molecule has 0 spiro atoms. The van der Waals surface area contributed by atoms with Gasteiger partial charge in [-0.15, -0.1) is 6.42 Å². The highest BCUT2D eigenvalue weighted by Crippen LogP contribution is 2.35. The Hall–Kier alpha value is -3.59. The zero-order chi connectivity index (χ0) is 29.0. The van der Waals surface area contributed by atoms with Crippen LogP contribution in [0, 0.1) is 71.5 Å². The molecule has 39 heavy (non-hydrogen) atoms. The summed E-state index contributed by atoms with van der Waals surface area (Å²) in [6, 6.07) is 0. The summed E-state index contributed by atoms with van der Waals surface area (Å²) < 4.78 is 25.5. The molecule has 2 N–H and O–H groups in total. The van der Waals surface area contributed by atoms with E-state index in [2.05, 4.69) is 76.6 Å². The van der Waals surface area contributed by atoms with Gasteiger partial charge in [0.1, 0.15) is 6.61 Å². The average Bonchev–Trinajstić information content (AvgIpc) is 2.89. The van der Waals surface area contributed by atoms with E-state index in [-0.39, 0.29) is 6.42 Å². The smallest absolute Gasteiger partial charge is 0.456 e. The molecule has 0 unspecified atom stereocenters. The summed E-state index contributed by atoms with van der Waals surface area (Å²) in [5, 5.41) is 0. The maximum atomic E-state index is 12.2. The lowest BCUT2D eigenvalue weighted by molar-refractivity contribution is -0.158. The van der Waals surface area contributed by atoms with Crippen molar-refractivity contribution in [3.8, 4) is 71.5 Å². The molecule has 0 fully saturated rings. The molecular weight excluding hydrogens is 519 g/mol. The first-order valence-corrected chi connectivity index (χ1v) is 14.3. The first-order valence-electron chi connectivity index (χ1n) is 12.8. The van der Waals surface area contributed by atoms with Gasteiger partial charge in [-0.1, -0.05) is 71.1 Å². The Labute approximate surface area is 232 Å². The normalized spacial score (nSPS) is 10.1. The predicted molar refractivity (Wildman–Crippen MR) is 148 cm³/mol. The molecule has 0 heterocycles. The van der Waals surface area contributed by atoms with Crippen LogP contribution >= 0.6 is 7.82 Å². The van der Waals surface area contributed by atoms with Gasteiger partial charge in [0.25, 0.3) is 0 Å². The summed E-state index contributed by atoms with van der Waals surface area (Å²) in [4.78, 5) is 41.8. The second-order valence-electron chi connectivity index (χ2n) is 8.18. The molecule has 0 saturated heterocycles. The van der Waals surface area contributed by atoms with Crippen molar-refractivity contribution in [2.75, 3.05) is 13.2 Å². The Morgan fingerprint density at radius 3 is 1.74 bits per heavy atom. The number of unbranched alkanes of at least 4 members (excludes halogenated alkanes) is 10. The summed E-state index contributed by atoms with van der Waals surface area (Å²) in [6.45, 7) is 1.05. The minimum atomic E-state index is -4.81. The molecule has 1 atom stereocenters. The lowest BCUT2D eigenvalue weighted by Crippen LogP contribution is -2.29. The van der Waals surface area contributed by atoms with Crippen molar-refractivity contribution in [2.24, 2.45) is 0 Å². The van der Waals surface area contributed by atoms with E-state index in [1.165, 1.54) is 44.9 Å². The zero-order valence-corrected chi connectivity index (χ0v) is 23.2. The third kappa shape index (κ3) is 27.3. The van der Waals surface area contributed by atoms with Crippen LogP contribution in [0.25, 0.3) is 0 Å². The van der Waals surface area contributed by atoms with Crippen LogP contribution in [0.3, 0.4) is 0 Å². The fourth-order valence-electron chi connectivity index (χ4n) is 3.02.